The highest BCUT2D eigenvalue weighted by Gasteiger charge is 2.20. The third kappa shape index (κ3) is 6.37. The average Bonchev–Trinajstić information content (AvgIpc) is 2.67. The summed E-state index contributed by atoms with van der Waals surface area (Å²) in [6.07, 6.45) is 0. The smallest absolute Gasteiger partial charge is 0.387 e. The second-order valence-electron chi connectivity index (χ2n) is 6.51. The molecule has 0 spiro atoms. The van der Waals surface area contributed by atoms with Gasteiger partial charge in [-0.2, -0.15) is 8.78 Å². The van der Waals surface area contributed by atoms with E-state index in [1.807, 2.05) is 0 Å². The number of halogens is 2. The van der Waals surface area contributed by atoms with Gasteiger partial charge in [0.2, 0.25) is 15.9 Å². The maximum atomic E-state index is 12.5. The van der Waals surface area contributed by atoms with Gasteiger partial charge in [-0.15, -0.1) is 0 Å². The lowest BCUT2D eigenvalue weighted by molar-refractivity contribution is -0.120. The molecule has 1 amide bonds. The third-order valence-corrected chi connectivity index (χ3v) is 5.30. The first-order valence-corrected chi connectivity index (χ1v) is 10.3. The molecule has 11 heteroatoms. The van der Waals surface area contributed by atoms with Crippen LogP contribution in [0.2, 0.25) is 0 Å². The van der Waals surface area contributed by atoms with Gasteiger partial charge in [-0.1, -0.05) is 6.07 Å². The second-order valence-corrected chi connectivity index (χ2v) is 8.07. The molecule has 0 aliphatic rings. The van der Waals surface area contributed by atoms with Gasteiger partial charge >= 0.3 is 6.61 Å². The summed E-state index contributed by atoms with van der Waals surface area (Å²) in [5.41, 5.74) is 1.15. The van der Waals surface area contributed by atoms with Crippen LogP contribution in [-0.4, -0.2) is 46.0 Å². The van der Waals surface area contributed by atoms with E-state index in [-0.39, 0.29) is 22.3 Å². The molecule has 2 aromatic carbocycles. The predicted molar refractivity (Wildman–Crippen MR) is 107 cm³/mol. The Morgan fingerprint density at radius 2 is 1.80 bits per heavy atom. The number of hydrogen-bond donors (Lipinski definition) is 2. The molecule has 1 atom stereocenters. The molecule has 2 aromatic rings. The molecule has 0 aliphatic heterocycles. The van der Waals surface area contributed by atoms with Crippen molar-refractivity contribution in [2.45, 2.75) is 31.0 Å². The first-order chi connectivity index (χ1) is 14.0. The zero-order chi connectivity index (χ0) is 22.5. The highest BCUT2D eigenvalue weighted by Crippen LogP contribution is 2.30. The summed E-state index contributed by atoms with van der Waals surface area (Å²) in [6, 6.07) is 9.48. The number of hydrogen-bond acceptors (Lipinski definition) is 6. The number of benzene rings is 2. The fourth-order valence-corrected chi connectivity index (χ4v) is 3.12. The van der Waals surface area contributed by atoms with E-state index < -0.39 is 22.7 Å². The van der Waals surface area contributed by atoms with E-state index in [1.54, 1.807) is 31.0 Å². The molecule has 0 saturated heterocycles. The van der Waals surface area contributed by atoms with E-state index in [2.05, 4.69) is 10.1 Å². The van der Waals surface area contributed by atoms with Gasteiger partial charge in [0.25, 0.3) is 0 Å². The summed E-state index contributed by atoms with van der Waals surface area (Å²) in [5, 5.41) is 7.74. The second kappa shape index (κ2) is 9.83. The van der Waals surface area contributed by atoms with Gasteiger partial charge in [0.15, 0.2) is 11.5 Å². The molecule has 0 fully saturated rings. The van der Waals surface area contributed by atoms with Crippen LogP contribution in [0.4, 0.5) is 14.5 Å². The van der Waals surface area contributed by atoms with E-state index in [0.717, 1.165) is 5.56 Å². The number of nitrogens with two attached hydrogens (primary N) is 1. The minimum absolute atomic E-state index is 0.0566. The number of likely N-dealkylation sites (N-methyl/N-ethyl adjacent to an activating group) is 1. The third-order valence-electron chi connectivity index (χ3n) is 4.37. The Balaban J connectivity index is 2.02. The molecule has 3 N–H and O–H groups in total. The predicted octanol–water partition coefficient (Wildman–Crippen LogP) is 2.40. The van der Waals surface area contributed by atoms with E-state index in [4.69, 9.17) is 9.88 Å². The summed E-state index contributed by atoms with van der Waals surface area (Å²) in [6.45, 7) is -0.931. The number of anilines is 1. The maximum absolute atomic E-state index is 12.5. The van der Waals surface area contributed by atoms with Crippen molar-refractivity contribution in [3.63, 3.8) is 0 Å². The van der Waals surface area contributed by atoms with Crippen LogP contribution in [0.1, 0.15) is 12.5 Å². The van der Waals surface area contributed by atoms with Crippen LogP contribution in [0.25, 0.3) is 0 Å². The standard InChI is InChI=1S/C19H23F2N3O5S/c1-12(18(25)23-14-5-7-15(8-6-14)30(22,26)27)24(2)11-13-4-9-16(29-19(20)21)17(10-13)28-3/h4-10,12,19H,11H2,1-3H3,(H,23,25)(H2,22,26,27)/t12-/m0/s1. The molecule has 8 nitrogen and oxygen atoms in total. The minimum Gasteiger partial charge on any atom is -0.493 e. The Labute approximate surface area is 173 Å². The molecule has 0 heterocycles. The normalized spacial score (nSPS) is 12.7. The summed E-state index contributed by atoms with van der Waals surface area (Å²) in [5.74, 6) is -0.230. The molecule has 30 heavy (non-hydrogen) atoms. The monoisotopic (exact) mass is 443 g/mol. The summed E-state index contributed by atoms with van der Waals surface area (Å²) >= 11 is 0. The molecular formula is C19H23F2N3O5S. The Morgan fingerprint density at radius 3 is 2.33 bits per heavy atom. The molecule has 0 unspecified atom stereocenters. The summed E-state index contributed by atoms with van der Waals surface area (Å²) in [4.78, 5) is 14.2. The van der Waals surface area contributed by atoms with Gasteiger partial charge < -0.3 is 14.8 Å². The van der Waals surface area contributed by atoms with E-state index in [0.29, 0.717) is 12.2 Å². The molecule has 0 radical (unpaired) electrons. The SMILES string of the molecule is COc1cc(CN(C)[C@@H](C)C(=O)Nc2ccc(S(N)(=O)=O)cc2)ccc1OC(F)F. The van der Waals surface area contributed by atoms with Crippen LogP contribution >= 0.6 is 0 Å². The van der Waals surface area contributed by atoms with Gasteiger partial charge in [-0.3, -0.25) is 9.69 Å². The highest BCUT2D eigenvalue weighted by molar-refractivity contribution is 7.89. The largest absolute Gasteiger partial charge is 0.493 e. The number of rotatable bonds is 9. The van der Waals surface area contributed by atoms with Crippen molar-refractivity contribution in [3.8, 4) is 11.5 Å². The van der Waals surface area contributed by atoms with E-state index >= 15 is 0 Å². The van der Waals surface area contributed by atoms with Crippen molar-refractivity contribution in [3.05, 3.63) is 48.0 Å². The zero-order valence-electron chi connectivity index (χ0n) is 16.6. The fraction of sp³-hybridized carbons (Fsp3) is 0.316. The Morgan fingerprint density at radius 1 is 1.17 bits per heavy atom. The Kier molecular flexibility index (Phi) is 7.71. The number of nitrogens with zero attached hydrogens (tertiary/aromatic N) is 1. The molecular weight excluding hydrogens is 420 g/mol. The lowest BCUT2D eigenvalue weighted by Gasteiger charge is -2.24. The van der Waals surface area contributed by atoms with Crippen LogP contribution in [0.5, 0.6) is 11.5 Å². The molecule has 0 aromatic heterocycles. The summed E-state index contributed by atoms with van der Waals surface area (Å²) < 4.78 is 56.9. The van der Waals surface area contributed by atoms with Crippen molar-refractivity contribution in [1.82, 2.24) is 4.90 Å². The van der Waals surface area contributed by atoms with Crippen molar-refractivity contribution >= 4 is 21.6 Å². The molecule has 2 rings (SSSR count). The number of amides is 1. The van der Waals surface area contributed by atoms with Crippen LogP contribution in [0.3, 0.4) is 0 Å². The number of carbonyl (C=O) groups excluding carboxylic acids is 1. The molecule has 0 saturated carbocycles. The van der Waals surface area contributed by atoms with E-state index in [1.165, 1.54) is 37.4 Å². The number of ether oxygens (including phenoxy) is 2. The highest BCUT2D eigenvalue weighted by atomic mass is 32.2. The van der Waals surface area contributed by atoms with Gasteiger partial charge in [0.1, 0.15) is 0 Å². The maximum Gasteiger partial charge on any atom is 0.387 e. The van der Waals surface area contributed by atoms with E-state index in [9.17, 15) is 22.0 Å². The molecule has 0 bridgehead atoms. The first-order valence-electron chi connectivity index (χ1n) is 8.77. The fourth-order valence-electron chi connectivity index (χ4n) is 2.60. The van der Waals surface area contributed by atoms with Crippen molar-refractivity contribution < 1.29 is 31.5 Å². The number of alkyl halides is 2. The number of primary sulfonamides is 1. The molecule has 0 aliphatic carbocycles. The van der Waals surface area contributed by atoms with Crippen LogP contribution in [-0.2, 0) is 21.4 Å². The van der Waals surface area contributed by atoms with Gasteiger partial charge in [-0.25, -0.2) is 13.6 Å². The van der Waals surface area contributed by atoms with Crippen LogP contribution < -0.4 is 19.9 Å². The van der Waals surface area contributed by atoms with Gasteiger partial charge in [-0.05, 0) is 55.9 Å². The quantitative estimate of drug-likeness (QED) is 0.616. The average molecular weight is 443 g/mol. The van der Waals surface area contributed by atoms with Crippen LogP contribution in [0, 0.1) is 0 Å². The van der Waals surface area contributed by atoms with Crippen molar-refractivity contribution in [2.24, 2.45) is 5.14 Å². The van der Waals surface area contributed by atoms with Crippen molar-refractivity contribution in [1.29, 1.82) is 0 Å². The van der Waals surface area contributed by atoms with Gasteiger partial charge in [0, 0.05) is 12.2 Å². The van der Waals surface area contributed by atoms with Gasteiger partial charge in [0.05, 0.1) is 18.0 Å². The molecule has 164 valence electrons. The number of carbonyl (C=O) groups is 1. The number of sulfonamides is 1. The van der Waals surface area contributed by atoms with Crippen LogP contribution in [0.15, 0.2) is 47.4 Å². The Bertz CT molecular complexity index is 984. The minimum atomic E-state index is -3.81. The zero-order valence-corrected chi connectivity index (χ0v) is 17.4. The number of nitrogens with one attached hydrogen (secondary N) is 1. The van der Waals surface area contributed by atoms with Crippen molar-refractivity contribution in [2.75, 3.05) is 19.5 Å². The lowest BCUT2D eigenvalue weighted by atomic mass is 10.1. The Hall–Kier alpha value is -2.76. The summed E-state index contributed by atoms with van der Waals surface area (Å²) in [7, 11) is -0.738. The first kappa shape index (κ1) is 23.5. The number of methoxy groups -OCH3 is 1. The topological polar surface area (TPSA) is 111 Å². The lowest BCUT2D eigenvalue weighted by Crippen LogP contribution is -2.39.